The van der Waals surface area contributed by atoms with E-state index in [4.69, 9.17) is 9.47 Å². The summed E-state index contributed by atoms with van der Waals surface area (Å²) in [5.74, 6) is -0.859. The highest BCUT2D eigenvalue weighted by atomic mass is 16.7. The Morgan fingerprint density at radius 1 is 1.45 bits per heavy atom. The molecule has 2 N–H and O–H groups in total. The Morgan fingerprint density at radius 3 is 2.60 bits per heavy atom. The average Bonchev–Trinajstić information content (AvgIpc) is 2.35. The number of carbonyl (C=O) groups excluding carboxylic acids is 1. The fraction of sp³-hybridized carbons (Fsp3) is 0.400. The minimum absolute atomic E-state index is 0.0200. The molecule has 0 amide bonds. The van der Waals surface area contributed by atoms with E-state index in [1.165, 1.54) is 20.1 Å². The standard InChI is InChI=1S/C15H20O5/c1-5-6-9(2)13-12(20-8-19-4)7-11(17)14(10(3)16)15(13)18/h5-7,9,17-18H,8H2,1-4H3. The van der Waals surface area contributed by atoms with Crippen LogP contribution in [0.3, 0.4) is 0 Å². The molecule has 0 fully saturated rings. The molecule has 0 spiro atoms. The van der Waals surface area contributed by atoms with Crippen molar-refractivity contribution in [2.45, 2.75) is 26.7 Å². The number of phenolic OH excluding ortho intramolecular Hbond substituents is 2. The lowest BCUT2D eigenvalue weighted by molar-refractivity contribution is 0.0500. The normalized spacial score (nSPS) is 12.6. The maximum atomic E-state index is 11.5. The molecule has 0 heterocycles. The third-order valence-corrected chi connectivity index (χ3v) is 2.90. The molecule has 0 saturated heterocycles. The Hall–Kier alpha value is -2.01. The second-order valence-electron chi connectivity index (χ2n) is 4.45. The number of ether oxygens (including phenoxy) is 2. The molecule has 0 aliphatic rings. The number of carbonyl (C=O) groups is 1. The molecule has 0 aliphatic carbocycles. The van der Waals surface area contributed by atoms with Crippen molar-refractivity contribution < 1.29 is 24.5 Å². The van der Waals surface area contributed by atoms with Crippen molar-refractivity contribution >= 4 is 5.78 Å². The van der Waals surface area contributed by atoms with E-state index in [0.717, 1.165) is 0 Å². The zero-order valence-electron chi connectivity index (χ0n) is 12.1. The highest BCUT2D eigenvalue weighted by molar-refractivity contribution is 6.00. The Bertz CT molecular complexity index is 519. The molecular formula is C15H20O5. The first kappa shape index (κ1) is 16.0. The van der Waals surface area contributed by atoms with Crippen LogP contribution in [-0.2, 0) is 4.74 Å². The second-order valence-corrected chi connectivity index (χ2v) is 4.45. The molecule has 0 radical (unpaired) electrons. The van der Waals surface area contributed by atoms with E-state index in [9.17, 15) is 15.0 Å². The number of methoxy groups -OCH3 is 1. The summed E-state index contributed by atoms with van der Waals surface area (Å²) in [5.41, 5.74) is 0.351. The third kappa shape index (κ3) is 3.30. The summed E-state index contributed by atoms with van der Waals surface area (Å²) in [6, 6.07) is 1.32. The van der Waals surface area contributed by atoms with E-state index >= 15 is 0 Å². The maximum absolute atomic E-state index is 11.5. The van der Waals surface area contributed by atoms with Gasteiger partial charge in [-0.1, -0.05) is 19.1 Å². The molecular weight excluding hydrogens is 260 g/mol. The quantitative estimate of drug-likeness (QED) is 0.476. The van der Waals surface area contributed by atoms with Gasteiger partial charge in [0.1, 0.15) is 22.8 Å². The number of rotatable bonds is 6. The molecule has 5 heteroatoms. The Kier molecular flexibility index (Phi) is 5.58. The number of allylic oxidation sites excluding steroid dienone is 2. The van der Waals surface area contributed by atoms with Gasteiger partial charge in [0, 0.05) is 24.7 Å². The predicted octanol–water partition coefficient (Wildman–Crippen LogP) is 2.96. The predicted molar refractivity (Wildman–Crippen MR) is 75.5 cm³/mol. The Balaban J connectivity index is 3.47. The van der Waals surface area contributed by atoms with Crippen LogP contribution in [0.15, 0.2) is 18.2 Å². The van der Waals surface area contributed by atoms with E-state index in [0.29, 0.717) is 5.56 Å². The molecule has 5 nitrogen and oxygen atoms in total. The number of aromatic hydroxyl groups is 2. The van der Waals surface area contributed by atoms with Crippen molar-refractivity contribution in [2.24, 2.45) is 0 Å². The summed E-state index contributed by atoms with van der Waals surface area (Å²) < 4.78 is 10.2. The van der Waals surface area contributed by atoms with Crippen molar-refractivity contribution in [2.75, 3.05) is 13.9 Å². The first-order valence-electron chi connectivity index (χ1n) is 6.28. The average molecular weight is 280 g/mol. The largest absolute Gasteiger partial charge is 0.507 e. The van der Waals surface area contributed by atoms with E-state index < -0.39 is 5.78 Å². The zero-order chi connectivity index (χ0) is 15.3. The highest BCUT2D eigenvalue weighted by Gasteiger charge is 2.23. The molecule has 0 aliphatic heterocycles. The number of benzene rings is 1. The Labute approximate surface area is 118 Å². The van der Waals surface area contributed by atoms with Gasteiger partial charge in [0.05, 0.1) is 0 Å². The molecule has 0 aromatic heterocycles. The van der Waals surface area contributed by atoms with Crippen molar-refractivity contribution in [1.29, 1.82) is 0 Å². The van der Waals surface area contributed by atoms with E-state index in [1.54, 1.807) is 0 Å². The van der Waals surface area contributed by atoms with Crippen LogP contribution in [0.4, 0.5) is 0 Å². The lowest BCUT2D eigenvalue weighted by atomic mass is 9.94. The number of ketones is 1. The lowest BCUT2D eigenvalue weighted by Crippen LogP contribution is -2.06. The van der Waals surface area contributed by atoms with Crippen LogP contribution in [0.2, 0.25) is 0 Å². The smallest absolute Gasteiger partial charge is 0.188 e. The number of phenols is 2. The lowest BCUT2D eigenvalue weighted by Gasteiger charge is -2.18. The van der Waals surface area contributed by atoms with Crippen LogP contribution in [0.5, 0.6) is 17.2 Å². The van der Waals surface area contributed by atoms with Crippen LogP contribution < -0.4 is 4.74 Å². The fourth-order valence-corrected chi connectivity index (χ4v) is 2.06. The van der Waals surface area contributed by atoms with Crippen molar-refractivity contribution in [1.82, 2.24) is 0 Å². The van der Waals surface area contributed by atoms with Crippen LogP contribution in [0.25, 0.3) is 0 Å². The van der Waals surface area contributed by atoms with E-state index in [-0.39, 0.29) is 35.5 Å². The summed E-state index contributed by atoms with van der Waals surface area (Å²) in [6.07, 6.45) is 3.69. The number of hydrogen-bond acceptors (Lipinski definition) is 5. The van der Waals surface area contributed by atoms with Crippen molar-refractivity contribution in [3.63, 3.8) is 0 Å². The van der Waals surface area contributed by atoms with Gasteiger partial charge in [0.25, 0.3) is 0 Å². The molecule has 110 valence electrons. The fourth-order valence-electron chi connectivity index (χ4n) is 2.06. The van der Waals surface area contributed by atoms with Gasteiger partial charge in [-0.2, -0.15) is 0 Å². The topological polar surface area (TPSA) is 76.0 Å². The number of hydrogen-bond donors (Lipinski definition) is 2. The Morgan fingerprint density at radius 2 is 2.10 bits per heavy atom. The number of Topliss-reactive ketones (excluding diaryl/α,β-unsaturated/α-hetero) is 1. The SMILES string of the molecule is CC=CC(C)c1c(OCOC)cc(O)c(C(C)=O)c1O. The van der Waals surface area contributed by atoms with Crippen molar-refractivity contribution in [3.05, 3.63) is 29.3 Å². The van der Waals surface area contributed by atoms with Crippen LogP contribution >= 0.6 is 0 Å². The summed E-state index contributed by atoms with van der Waals surface area (Å²) in [6.45, 7) is 4.98. The molecule has 1 aromatic carbocycles. The summed E-state index contributed by atoms with van der Waals surface area (Å²) in [5, 5.41) is 20.1. The monoisotopic (exact) mass is 280 g/mol. The highest BCUT2D eigenvalue weighted by Crippen LogP contribution is 2.42. The van der Waals surface area contributed by atoms with Gasteiger partial charge >= 0.3 is 0 Å². The summed E-state index contributed by atoms with van der Waals surface area (Å²) >= 11 is 0. The van der Waals surface area contributed by atoms with Crippen LogP contribution in [0, 0.1) is 0 Å². The van der Waals surface area contributed by atoms with Crippen molar-refractivity contribution in [3.8, 4) is 17.2 Å². The van der Waals surface area contributed by atoms with E-state index in [2.05, 4.69) is 0 Å². The molecule has 1 rings (SSSR count). The maximum Gasteiger partial charge on any atom is 0.188 e. The minimum atomic E-state index is -0.410. The molecule has 0 bridgehead atoms. The third-order valence-electron chi connectivity index (χ3n) is 2.90. The van der Waals surface area contributed by atoms with Gasteiger partial charge in [0.2, 0.25) is 0 Å². The summed E-state index contributed by atoms with van der Waals surface area (Å²) in [4.78, 5) is 11.5. The van der Waals surface area contributed by atoms with Crippen LogP contribution in [-0.4, -0.2) is 29.9 Å². The van der Waals surface area contributed by atoms with Gasteiger partial charge in [0.15, 0.2) is 12.6 Å². The van der Waals surface area contributed by atoms with Gasteiger partial charge in [-0.25, -0.2) is 0 Å². The molecule has 0 saturated carbocycles. The molecule has 1 aromatic rings. The van der Waals surface area contributed by atoms with Gasteiger partial charge in [-0.15, -0.1) is 0 Å². The van der Waals surface area contributed by atoms with Gasteiger partial charge < -0.3 is 19.7 Å². The molecule has 1 atom stereocenters. The minimum Gasteiger partial charge on any atom is -0.507 e. The van der Waals surface area contributed by atoms with Gasteiger partial charge in [-0.05, 0) is 13.8 Å². The molecule has 1 unspecified atom stereocenters. The summed E-state index contributed by atoms with van der Waals surface area (Å²) in [7, 11) is 1.47. The first-order valence-corrected chi connectivity index (χ1v) is 6.28. The second kappa shape index (κ2) is 6.96. The van der Waals surface area contributed by atoms with Gasteiger partial charge in [-0.3, -0.25) is 4.79 Å². The zero-order valence-corrected chi connectivity index (χ0v) is 12.1. The van der Waals surface area contributed by atoms with E-state index in [1.807, 2.05) is 26.0 Å². The van der Waals surface area contributed by atoms with Crippen LogP contribution in [0.1, 0.15) is 42.6 Å². The first-order chi connectivity index (χ1) is 9.43. The molecule has 20 heavy (non-hydrogen) atoms.